The third-order valence-electron chi connectivity index (χ3n) is 4.39. The van der Waals surface area contributed by atoms with E-state index in [4.69, 9.17) is 0 Å². The second-order valence-electron chi connectivity index (χ2n) is 6.08. The fraction of sp³-hybridized carbons (Fsp3) is 0.562. The summed E-state index contributed by atoms with van der Waals surface area (Å²) in [5.74, 6) is 1.67. The van der Waals surface area contributed by atoms with Crippen molar-refractivity contribution in [3.63, 3.8) is 0 Å². The highest BCUT2D eigenvalue weighted by Gasteiger charge is 2.24. The molecule has 1 saturated carbocycles. The molecule has 0 radical (unpaired) electrons. The number of rotatable bonds is 3. The maximum absolute atomic E-state index is 4.64. The average molecular weight is 257 g/mol. The van der Waals surface area contributed by atoms with Crippen LogP contribution in [0.3, 0.4) is 0 Å². The molecule has 2 aromatic heterocycles. The number of imidazole rings is 1. The molecule has 0 bridgehead atoms. The number of nitrogens with zero attached hydrogens (tertiary/aromatic N) is 2. The molecule has 0 amide bonds. The van der Waals surface area contributed by atoms with E-state index in [9.17, 15) is 0 Å². The normalized spacial score (nSPS) is 27.8. The molecular weight excluding hydrogens is 234 g/mol. The predicted molar refractivity (Wildman–Crippen MR) is 78.0 cm³/mol. The Labute approximate surface area is 115 Å². The van der Waals surface area contributed by atoms with Crippen molar-refractivity contribution < 1.29 is 0 Å². The lowest BCUT2D eigenvalue weighted by Crippen LogP contribution is -2.38. The summed E-state index contributed by atoms with van der Waals surface area (Å²) in [6.07, 6.45) is 8.18. The lowest BCUT2D eigenvalue weighted by Gasteiger charge is -2.33. The molecule has 3 rings (SSSR count). The van der Waals surface area contributed by atoms with E-state index in [0.717, 1.165) is 29.7 Å². The Morgan fingerprint density at radius 1 is 1.32 bits per heavy atom. The molecule has 1 aliphatic rings. The molecule has 1 aliphatic carbocycles. The van der Waals surface area contributed by atoms with Crippen molar-refractivity contribution in [3.8, 4) is 0 Å². The summed E-state index contributed by atoms with van der Waals surface area (Å²) in [6, 6.07) is 6.77. The molecule has 3 nitrogen and oxygen atoms in total. The number of aromatic nitrogens is 2. The summed E-state index contributed by atoms with van der Waals surface area (Å²) in [6.45, 7) is 5.62. The summed E-state index contributed by atoms with van der Waals surface area (Å²) >= 11 is 0. The van der Waals surface area contributed by atoms with Gasteiger partial charge in [0.15, 0.2) is 0 Å². The third kappa shape index (κ3) is 2.81. The maximum Gasteiger partial charge on any atom is 0.137 e. The molecule has 1 fully saturated rings. The maximum atomic E-state index is 4.64. The van der Waals surface area contributed by atoms with Crippen molar-refractivity contribution in [3.05, 3.63) is 36.3 Å². The molecule has 3 heteroatoms. The van der Waals surface area contributed by atoms with Gasteiger partial charge < -0.3 is 9.72 Å². The molecule has 0 spiro atoms. The summed E-state index contributed by atoms with van der Waals surface area (Å²) in [4.78, 5) is 4.64. The molecule has 3 atom stereocenters. The third-order valence-corrected chi connectivity index (χ3v) is 4.39. The first-order chi connectivity index (χ1) is 9.22. The van der Waals surface area contributed by atoms with Crippen LogP contribution >= 0.6 is 0 Å². The first-order valence-electron chi connectivity index (χ1n) is 7.38. The number of hydrogen-bond acceptors (Lipinski definition) is 2. The molecule has 0 saturated heterocycles. The summed E-state index contributed by atoms with van der Waals surface area (Å²) < 4.78 is 2.09. The summed E-state index contributed by atoms with van der Waals surface area (Å²) in [7, 11) is 0. The van der Waals surface area contributed by atoms with Gasteiger partial charge in [0.1, 0.15) is 5.65 Å². The zero-order chi connectivity index (χ0) is 13.2. The van der Waals surface area contributed by atoms with E-state index in [1.807, 2.05) is 12.1 Å². The Bertz CT molecular complexity index is 513. The van der Waals surface area contributed by atoms with Gasteiger partial charge in [0, 0.05) is 25.0 Å². The number of nitrogens with one attached hydrogen (secondary N) is 1. The van der Waals surface area contributed by atoms with Gasteiger partial charge in [-0.3, -0.25) is 0 Å². The van der Waals surface area contributed by atoms with E-state index < -0.39 is 0 Å². The second-order valence-corrected chi connectivity index (χ2v) is 6.08. The van der Waals surface area contributed by atoms with E-state index in [-0.39, 0.29) is 0 Å². The van der Waals surface area contributed by atoms with Crippen molar-refractivity contribution >= 4 is 5.65 Å². The van der Waals surface area contributed by atoms with Crippen LogP contribution in [-0.2, 0) is 6.54 Å². The lowest BCUT2D eigenvalue weighted by molar-refractivity contribution is 0.227. The van der Waals surface area contributed by atoms with Crippen LogP contribution in [-0.4, -0.2) is 15.4 Å². The highest BCUT2D eigenvalue weighted by atomic mass is 15.0. The second kappa shape index (κ2) is 5.33. The Morgan fingerprint density at radius 3 is 3.00 bits per heavy atom. The van der Waals surface area contributed by atoms with Gasteiger partial charge in [-0.1, -0.05) is 19.9 Å². The summed E-state index contributed by atoms with van der Waals surface area (Å²) in [5.41, 5.74) is 2.17. The van der Waals surface area contributed by atoms with E-state index in [2.05, 4.69) is 47.0 Å². The average Bonchev–Trinajstić information content (AvgIpc) is 2.80. The predicted octanol–water partition coefficient (Wildman–Crippen LogP) is 3.25. The Kier molecular flexibility index (Phi) is 3.56. The Balaban J connectivity index is 1.62. The first kappa shape index (κ1) is 12.7. The monoisotopic (exact) mass is 257 g/mol. The minimum absolute atomic E-state index is 0.654. The lowest BCUT2D eigenvalue weighted by atomic mass is 9.80. The molecule has 102 valence electrons. The topological polar surface area (TPSA) is 29.3 Å². The van der Waals surface area contributed by atoms with Crippen molar-refractivity contribution in [1.29, 1.82) is 0 Å². The van der Waals surface area contributed by atoms with Gasteiger partial charge >= 0.3 is 0 Å². The van der Waals surface area contributed by atoms with Crippen LogP contribution in [0.2, 0.25) is 0 Å². The molecule has 2 heterocycles. The van der Waals surface area contributed by atoms with E-state index in [1.54, 1.807) is 0 Å². The van der Waals surface area contributed by atoms with Crippen LogP contribution in [0.5, 0.6) is 0 Å². The van der Waals surface area contributed by atoms with E-state index >= 15 is 0 Å². The van der Waals surface area contributed by atoms with Gasteiger partial charge in [-0.25, -0.2) is 4.98 Å². The fourth-order valence-electron chi connectivity index (χ4n) is 3.28. The van der Waals surface area contributed by atoms with Gasteiger partial charge in [-0.05, 0) is 43.2 Å². The van der Waals surface area contributed by atoms with E-state index in [1.165, 1.54) is 19.3 Å². The van der Waals surface area contributed by atoms with Crippen LogP contribution < -0.4 is 5.32 Å². The first-order valence-corrected chi connectivity index (χ1v) is 7.38. The Morgan fingerprint density at radius 2 is 2.21 bits per heavy atom. The molecule has 2 aromatic rings. The van der Waals surface area contributed by atoms with Gasteiger partial charge in [0.2, 0.25) is 0 Å². The van der Waals surface area contributed by atoms with Gasteiger partial charge in [-0.2, -0.15) is 0 Å². The van der Waals surface area contributed by atoms with Crippen LogP contribution in [0, 0.1) is 11.8 Å². The zero-order valence-corrected chi connectivity index (χ0v) is 11.8. The highest BCUT2D eigenvalue weighted by Crippen LogP contribution is 2.28. The SMILES string of the molecule is CC1CCC(NCc2cn3ccccc3n2)C(C)C1. The minimum Gasteiger partial charge on any atom is -0.308 e. The molecule has 3 unspecified atom stereocenters. The summed E-state index contributed by atoms with van der Waals surface area (Å²) in [5, 5.41) is 3.69. The molecule has 0 aromatic carbocycles. The fourth-order valence-corrected chi connectivity index (χ4v) is 3.28. The molecule has 19 heavy (non-hydrogen) atoms. The molecule has 0 aliphatic heterocycles. The van der Waals surface area contributed by atoms with Crippen molar-refractivity contribution in [2.24, 2.45) is 11.8 Å². The number of fused-ring (bicyclic) bond motifs is 1. The minimum atomic E-state index is 0.654. The van der Waals surface area contributed by atoms with Crippen molar-refractivity contribution in [2.45, 2.75) is 45.7 Å². The van der Waals surface area contributed by atoms with Crippen molar-refractivity contribution in [1.82, 2.24) is 14.7 Å². The Hall–Kier alpha value is -1.35. The van der Waals surface area contributed by atoms with Gasteiger partial charge in [0.25, 0.3) is 0 Å². The number of hydrogen-bond donors (Lipinski definition) is 1. The van der Waals surface area contributed by atoms with Gasteiger partial charge in [-0.15, -0.1) is 0 Å². The largest absolute Gasteiger partial charge is 0.308 e. The van der Waals surface area contributed by atoms with Crippen LogP contribution in [0.25, 0.3) is 5.65 Å². The quantitative estimate of drug-likeness (QED) is 0.914. The van der Waals surface area contributed by atoms with Crippen LogP contribution in [0.4, 0.5) is 0 Å². The number of pyridine rings is 1. The highest BCUT2D eigenvalue weighted by molar-refractivity contribution is 5.39. The van der Waals surface area contributed by atoms with E-state index in [0.29, 0.717) is 6.04 Å². The van der Waals surface area contributed by atoms with Gasteiger partial charge in [0.05, 0.1) is 5.69 Å². The standard InChI is InChI=1S/C16H23N3/c1-12-6-7-15(13(2)9-12)17-10-14-11-19-8-4-3-5-16(19)18-14/h3-5,8,11-13,15,17H,6-7,9-10H2,1-2H3. The molecule has 1 N–H and O–H groups in total. The van der Waals surface area contributed by atoms with Crippen LogP contribution in [0.15, 0.2) is 30.6 Å². The zero-order valence-electron chi connectivity index (χ0n) is 11.8. The molecular formula is C16H23N3. The smallest absolute Gasteiger partial charge is 0.137 e. The van der Waals surface area contributed by atoms with Crippen molar-refractivity contribution in [2.75, 3.05) is 0 Å². The van der Waals surface area contributed by atoms with Crippen LogP contribution in [0.1, 0.15) is 38.8 Å².